The first-order valence-electron chi connectivity index (χ1n) is 8.06. The molecule has 0 atom stereocenters. The number of nitrogens with zero attached hydrogens (tertiary/aromatic N) is 2. The number of benzene rings is 1. The molecule has 0 spiro atoms. The Bertz CT molecular complexity index is 906. The van der Waals surface area contributed by atoms with Gasteiger partial charge in [-0.1, -0.05) is 39.0 Å². The zero-order valence-electron chi connectivity index (χ0n) is 14.5. The van der Waals surface area contributed by atoms with Crippen molar-refractivity contribution >= 4 is 27.5 Å². The Balaban J connectivity index is 1.83. The number of sulfonamides is 1. The smallest absolute Gasteiger partial charge is 0.257 e. The summed E-state index contributed by atoms with van der Waals surface area (Å²) in [6, 6.07) is 7.72. The second-order valence-corrected chi connectivity index (χ2v) is 8.85. The number of hydrogen-bond donors (Lipinski definition) is 1. The van der Waals surface area contributed by atoms with Crippen LogP contribution in [0.5, 0.6) is 0 Å². The van der Waals surface area contributed by atoms with Crippen LogP contribution in [-0.2, 0) is 20.2 Å². The highest BCUT2D eigenvalue weighted by Gasteiger charge is 2.25. The Morgan fingerprint density at radius 2 is 1.92 bits per heavy atom. The molecule has 1 N–H and O–H groups in total. The maximum atomic E-state index is 12.6. The second-order valence-electron chi connectivity index (χ2n) is 7.10. The van der Waals surface area contributed by atoms with Gasteiger partial charge < -0.3 is 10.2 Å². The average Bonchev–Trinajstić information content (AvgIpc) is 2.53. The molecule has 1 amide bonds. The highest BCUT2D eigenvalue weighted by atomic mass is 32.2. The summed E-state index contributed by atoms with van der Waals surface area (Å²) in [5.41, 5.74) is 2.19. The molecule has 1 aromatic rings. The Labute approximate surface area is 148 Å². The van der Waals surface area contributed by atoms with Gasteiger partial charge in [0.05, 0.1) is 11.3 Å². The molecular formula is C18H21N3O3S. The minimum absolute atomic E-state index is 0.0530. The quantitative estimate of drug-likeness (QED) is 0.879. The van der Waals surface area contributed by atoms with Gasteiger partial charge in [0.25, 0.3) is 15.9 Å². The molecule has 6 nitrogen and oxygen atoms in total. The van der Waals surface area contributed by atoms with E-state index in [4.69, 9.17) is 0 Å². The molecule has 0 bridgehead atoms. The number of amides is 1. The number of amidine groups is 1. The Morgan fingerprint density at radius 1 is 1.20 bits per heavy atom. The number of nitrogens with one attached hydrogen (secondary N) is 1. The highest BCUT2D eigenvalue weighted by Crippen LogP contribution is 2.29. The molecule has 0 fully saturated rings. The van der Waals surface area contributed by atoms with Crippen molar-refractivity contribution in [1.29, 1.82) is 0 Å². The van der Waals surface area contributed by atoms with E-state index in [-0.39, 0.29) is 17.1 Å². The number of fused-ring (bicyclic) bond motifs is 1. The molecule has 2 heterocycles. The van der Waals surface area contributed by atoms with Gasteiger partial charge in [-0.3, -0.25) is 4.79 Å². The third kappa shape index (κ3) is 3.82. The molecule has 0 aliphatic carbocycles. The van der Waals surface area contributed by atoms with Crippen molar-refractivity contribution in [3.05, 3.63) is 53.8 Å². The van der Waals surface area contributed by atoms with Crippen molar-refractivity contribution in [2.45, 2.75) is 26.2 Å². The van der Waals surface area contributed by atoms with Crippen LogP contribution in [0.15, 0.2) is 52.6 Å². The van der Waals surface area contributed by atoms with E-state index in [1.165, 1.54) is 0 Å². The zero-order chi connectivity index (χ0) is 18.2. The van der Waals surface area contributed by atoms with E-state index in [1.807, 2.05) is 24.3 Å². The monoisotopic (exact) mass is 359 g/mol. The molecule has 0 unspecified atom stereocenters. The van der Waals surface area contributed by atoms with E-state index < -0.39 is 10.0 Å². The maximum Gasteiger partial charge on any atom is 0.257 e. The molecule has 2 aliphatic rings. The summed E-state index contributed by atoms with van der Waals surface area (Å²) in [4.78, 5) is 14.3. The lowest BCUT2D eigenvalue weighted by Crippen LogP contribution is -2.37. The van der Waals surface area contributed by atoms with E-state index in [9.17, 15) is 13.2 Å². The maximum absolute atomic E-state index is 12.6. The van der Waals surface area contributed by atoms with Gasteiger partial charge in [-0.05, 0) is 29.2 Å². The van der Waals surface area contributed by atoms with Gasteiger partial charge >= 0.3 is 0 Å². The number of para-hydroxylation sites is 1. The van der Waals surface area contributed by atoms with Crippen molar-refractivity contribution < 1.29 is 13.2 Å². The number of anilines is 1. The van der Waals surface area contributed by atoms with Crippen molar-refractivity contribution in [3.63, 3.8) is 0 Å². The Hall–Kier alpha value is -2.41. The van der Waals surface area contributed by atoms with Crippen molar-refractivity contribution in [3.8, 4) is 0 Å². The summed E-state index contributed by atoms with van der Waals surface area (Å²) in [6.07, 6.45) is 4.79. The molecular weight excluding hydrogens is 338 g/mol. The Kier molecular flexibility index (Phi) is 4.28. The van der Waals surface area contributed by atoms with Crippen LogP contribution >= 0.6 is 0 Å². The van der Waals surface area contributed by atoms with Gasteiger partial charge in [0.1, 0.15) is 5.84 Å². The summed E-state index contributed by atoms with van der Waals surface area (Å²) >= 11 is 0. The molecule has 0 saturated heterocycles. The van der Waals surface area contributed by atoms with E-state index >= 15 is 0 Å². The van der Waals surface area contributed by atoms with Crippen LogP contribution in [-0.4, -0.2) is 37.4 Å². The highest BCUT2D eigenvalue weighted by molar-refractivity contribution is 7.90. The fraction of sp³-hybridized carbons (Fsp3) is 0.333. The van der Waals surface area contributed by atoms with Gasteiger partial charge in [-0.15, -0.1) is 4.40 Å². The zero-order valence-corrected chi connectivity index (χ0v) is 15.3. The summed E-state index contributed by atoms with van der Waals surface area (Å²) < 4.78 is 26.8. The average molecular weight is 359 g/mol. The van der Waals surface area contributed by atoms with E-state index in [0.29, 0.717) is 18.0 Å². The van der Waals surface area contributed by atoms with Gasteiger partial charge in [-0.2, -0.15) is 0 Å². The van der Waals surface area contributed by atoms with Gasteiger partial charge in [0.2, 0.25) is 0 Å². The standard InChI is InChI=1S/C18H21N3O3S/c1-18(2,3)14-6-4-5-7-15(14)19-17(22)13-8-9-16-20-25(23,24)11-10-21(16)12-13/h4-9,12H,10-11H2,1-3H3,(H,19,22). The molecule has 3 rings (SSSR count). The molecule has 2 aliphatic heterocycles. The predicted octanol–water partition coefficient (Wildman–Crippen LogP) is 2.42. The van der Waals surface area contributed by atoms with Crippen molar-refractivity contribution in [2.24, 2.45) is 4.40 Å². The molecule has 0 aromatic heterocycles. The van der Waals surface area contributed by atoms with Crippen LogP contribution in [0.4, 0.5) is 5.69 Å². The lowest BCUT2D eigenvalue weighted by molar-refractivity contribution is -0.112. The molecule has 0 saturated carbocycles. The van der Waals surface area contributed by atoms with Crippen LogP contribution in [0.3, 0.4) is 0 Å². The molecule has 25 heavy (non-hydrogen) atoms. The van der Waals surface area contributed by atoms with E-state index in [1.54, 1.807) is 23.3 Å². The molecule has 132 valence electrons. The lowest BCUT2D eigenvalue weighted by Gasteiger charge is -2.27. The third-order valence-corrected chi connectivity index (χ3v) is 5.23. The second kappa shape index (κ2) is 6.15. The summed E-state index contributed by atoms with van der Waals surface area (Å²) in [6.45, 7) is 6.57. The van der Waals surface area contributed by atoms with Crippen molar-refractivity contribution in [2.75, 3.05) is 17.6 Å². The molecule has 7 heteroatoms. The third-order valence-electron chi connectivity index (χ3n) is 4.07. The van der Waals surface area contributed by atoms with Crippen LogP contribution in [0.1, 0.15) is 26.3 Å². The summed E-state index contributed by atoms with van der Waals surface area (Å²) in [5.74, 6) is 0.0566. The number of hydrogen-bond acceptors (Lipinski definition) is 4. The largest absolute Gasteiger partial charge is 0.330 e. The number of carbonyl (C=O) groups is 1. The van der Waals surface area contributed by atoms with Gasteiger partial charge in [0.15, 0.2) is 0 Å². The Morgan fingerprint density at radius 3 is 2.64 bits per heavy atom. The molecule has 1 aromatic carbocycles. The van der Waals surface area contributed by atoms with Crippen molar-refractivity contribution in [1.82, 2.24) is 4.90 Å². The van der Waals surface area contributed by atoms with Crippen LogP contribution in [0, 0.1) is 0 Å². The van der Waals surface area contributed by atoms with Gasteiger partial charge in [-0.25, -0.2) is 8.42 Å². The van der Waals surface area contributed by atoms with Gasteiger partial charge in [0, 0.05) is 18.4 Å². The first-order chi connectivity index (χ1) is 11.7. The number of carbonyl (C=O) groups excluding carboxylic acids is 1. The minimum atomic E-state index is -3.40. The summed E-state index contributed by atoms with van der Waals surface area (Å²) in [7, 11) is -3.40. The van der Waals surface area contributed by atoms with Crippen LogP contribution < -0.4 is 5.32 Å². The lowest BCUT2D eigenvalue weighted by atomic mass is 9.86. The first kappa shape index (κ1) is 17.4. The van der Waals surface area contributed by atoms with Crippen LogP contribution in [0.2, 0.25) is 0 Å². The van der Waals surface area contributed by atoms with Crippen LogP contribution in [0.25, 0.3) is 0 Å². The summed E-state index contributed by atoms with van der Waals surface area (Å²) in [5, 5.41) is 2.96. The minimum Gasteiger partial charge on any atom is -0.330 e. The number of rotatable bonds is 2. The normalized spacial score (nSPS) is 18.9. The first-order valence-corrected chi connectivity index (χ1v) is 9.67. The van der Waals surface area contributed by atoms with E-state index in [2.05, 4.69) is 30.5 Å². The predicted molar refractivity (Wildman–Crippen MR) is 98.9 cm³/mol. The molecule has 0 radical (unpaired) electrons. The SMILES string of the molecule is CC(C)(C)c1ccccc1NC(=O)C1=CN2CCS(=O)(=O)N=C2C=C1. The fourth-order valence-corrected chi connectivity index (χ4v) is 3.75. The fourth-order valence-electron chi connectivity index (χ4n) is 2.78. The topological polar surface area (TPSA) is 78.8 Å². The van der Waals surface area contributed by atoms with E-state index in [0.717, 1.165) is 11.3 Å².